The minimum absolute atomic E-state index is 0.560. The Morgan fingerprint density at radius 3 is 2.57 bits per heavy atom. The molecule has 1 unspecified atom stereocenters. The van der Waals surface area contributed by atoms with Gasteiger partial charge in [-0.2, -0.15) is 0 Å². The van der Waals surface area contributed by atoms with E-state index in [1.807, 2.05) is 6.07 Å². The molecule has 2 N–H and O–H groups in total. The summed E-state index contributed by atoms with van der Waals surface area (Å²) in [6.45, 7) is 6.47. The second kappa shape index (κ2) is 4.36. The Labute approximate surface area is 86.1 Å². The third-order valence-electron chi connectivity index (χ3n) is 2.83. The van der Waals surface area contributed by atoms with Crippen molar-refractivity contribution < 1.29 is 4.74 Å². The van der Waals surface area contributed by atoms with Crippen molar-refractivity contribution in [2.24, 2.45) is 0 Å². The molecule has 0 bridgehead atoms. The molecule has 0 aliphatic carbocycles. The van der Waals surface area contributed by atoms with Gasteiger partial charge in [-0.05, 0) is 36.5 Å². The number of benzene rings is 1. The summed E-state index contributed by atoms with van der Waals surface area (Å²) in [5.74, 6) is 1.38. The molecule has 0 radical (unpaired) electrons. The van der Waals surface area contributed by atoms with Gasteiger partial charge in [-0.15, -0.1) is 0 Å². The Morgan fingerprint density at radius 1 is 1.43 bits per heavy atom. The number of hydrogen-bond donors (Lipinski definition) is 1. The summed E-state index contributed by atoms with van der Waals surface area (Å²) in [6.07, 6.45) is 1.13. The number of nitrogens with two attached hydrogens (primary N) is 1. The zero-order valence-electron chi connectivity index (χ0n) is 9.42. The van der Waals surface area contributed by atoms with Crippen molar-refractivity contribution in [2.75, 3.05) is 12.8 Å². The van der Waals surface area contributed by atoms with E-state index in [0.29, 0.717) is 5.92 Å². The van der Waals surface area contributed by atoms with Crippen LogP contribution < -0.4 is 10.5 Å². The van der Waals surface area contributed by atoms with Crippen molar-refractivity contribution in [3.63, 3.8) is 0 Å². The van der Waals surface area contributed by atoms with E-state index < -0.39 is 0 Å². The van der Waals surface area contributed by atoms with Crippen LogP contribution in [-0.2, 0) is 0 Å². The van der Waals surface area contributed by atoms with E-state index in [1.54, 1.807) is 7.11 Å². The summed E-state index contributed by atoms with van der Waals surface area (Å²) in [4.78, 5) is 0. The van der Waals surface area contributed by atoms with Gasteiger partial charge < -0.3 is 10.5 Å². The van der Waals surface area contributed by atoms with Gasteiger partial charge in [0, 0.05) is 0 Å². The molecule has 1 atom stereocenters. The molecular weight excluding hydrogens is 174 g/mol. The number of anilines is 1. The topological polar surface area (TPSA) is 35.2 Å². The molecule has 0 aromatic heterocycles. The van der Waals surface area contributed by atoms with Crippen LogP contribution in [0.3, 0.4) is 0 Å². The molecule has 0 amide bonds. The third kappa shape index (κ3) is 1.84. The monoisotopic (exact) mass is 193 g/mol. The highest BCUT2D eigenvalue weighted by Crippen LogP contribution is 2.33. The van der Waals surface area contributed by atoms with Gasteiger partial charge in [0.05, 0.1) is 12.8 Å². The maximum absolute atomic E-state index is 5.82. The van der Waals surface area contributed by atoms with Crippen LogP contribution in [-0.4, -0.2) is 7.11 Å². The van der Waals surface area contributed by atoms with Crippen molar-refractivity contribution in [2.45, 2.75) is 33.1 Å². The fourth-order valence-corrected chi connectivity index (χ4v) is 1.75. The molecule has 0 heterocycles. The van der Waals surface area contributed by atoms with Gasteiger partial charge >= 0.3 is 0 Å². The number of rotatable bonds is 3. The molecule has 0 saturated heterocycles. The summed E-state index contributed by atoms with van der Waals surface area (Å²) in [5.41, 5.74) is 9.04. The van der Waals surface area contributed by atoms with Gasteiger partial charge in [-0.1, -0.05) is 19.9 Å². The van der Waals surface area contributed by atoms with Crippen molar-refractivity contribution in [1.82, 2.24) is 0 Å². The fourth-order valence-electron chi connectivity index (χ4n) is 1.75. The van der Waals surface area contributed by atoms with Gasteiger partial charge in [0.2, 0.25) is 0 Å². The number of ether oxygens (including phenoxy) is 1. The van der Waals surface area contributed by atoms with E-state index in [9.17, 15) is 0 Å². The SMILES string of the molecule is CCC(C)c1ccc(N)c(OC)c1C. The minimum Gasteiger partial charge on any atom is -0.494 e. The Morgan fingerprint density at radius 2 is 2.07 bits per heavy atom. The largest absolute Gasteiger partial charge is 0.494 e. The van der Waals surface area contributed by atoms with Gasteiger partial charge in [-0.25, -0.2) is 0 Å². The Balaban J connectivity index is 3.21. The van der Waals surface area contributed by atoms with Crippen LogP contribution in [0.4, 0.5) is 5.69 Å². The van der Waals surface area contributed by atoms with Crippen molar-refractivity contribution in [3.8, 4) is 5.75 Å². The molecule has 1 aromatic carbocycles. The van der Waals surface area contributed by atoms with E-state index in [2.05, 4.69) is 26.8 Å². The molecule has 14 heavy (non-hydrogen) atoms. The molecule has 2 nitrogen and oxygen atoms in total. The third-order valence-corrected chi connectivity index (χ3v) is 2.83. The van der Waals surface area contributed by atoms with E-state index in [1.165, 1.54) is 11.1 Å². The summed E-state index contributed by atoms with van der Waals surface area (Å²) in [6, 6.07) is 4.02. The lowest BCUT2D eigenvalue weighted by Gasteiger charge is -2.16. The van der Waals surface area contributed by atoms with Crippen molar-refractivity contribution >= 4 is 5.69 Å². The fraction of sp³-hybridized carbons (Fsp3) is 0.500. The summed E-state index contributed by atoms with van der Waals surface area (Å²) in [5, 5.41) is 0. The Kier molecular flexibility index (Phi) is 3.39. The maximum Gasteiger partial charge on any atom is 0.144 e. The first-order valence-electron chi connectivity index (χ1n) is 5.04. The van der Waals surface area contributed by atoms with Crippen LogP contribution in [0, 0.1) is 6.92 Å². The zero-order valence-corrected chi connectivity index (χ0v) is 9.42. The highest BCUT2D eigenvalue weighted by Gasteiger charge is 2.12. The maximum atomic E-state index is 5.82. The Hall–Kier alpha value is -1.18. The summed E-state index contributed by atoms with van der Waals surface area (Å²) < 4.78 is 5.29. The molecule has 0 aliphatic heterocycles. The molecule has 0 aliphatic rings. The van der Waals surface area contributed by atoms with Crippen molar-refractivity contribution in [3.05, 3.63) is 23.3 Å². The Bertz CT molecular complexity index is 320. The quantitative estimate of drug-likeness (QED) is 0.749. The smallest absolute Gasteiger partial charge is 0.144 e. The van der Waals surface area contributed by atoms with Gasteiger partial charge in [0.1, 0.15) is 5.75 Å². The van der Waals surface area contributed by atoms with Crippen molar-refractivity contribution in [1.29, 1.82) is 0 Å². The highest BCUT2D eigenvalue weighted by atomic mass is 16.5. The van der Waals surface area contributed by atoms with Crippen LogP contribution in [0.1, 0.15) is 37.3 Å². The predicted octanol–water partition coefficient (Wildman–Crippen LogP) is 3.10. The lowest BCUT2D eigenvalue weighted by Crippen LogP contribution is -2.01. The zero-order chi connectivity index (χ0) is 10.7. The van der Waals surface area contributed by atoms with E-state index in [0.717, 1.165) is 17.9 Å². The normalized spacial score (nSPS) is 12.6. The van der Waals surface area contributed by atoms with E-state index in [4.69, 9.17) is 10.5 Å². The minimum atomic E-state index is 0.560. The molecule has 0 fully saturated rings. The highest BCUT2D eigenvalue weighted by molar-refractivity contribution is 5.59. The van der Waals surface area contributed by atoms with E-state index >= 15 is 0 Å². The first kappa shape index (κ1) is 10.9. The standard InChI is InChI=1S/C12H19NO/c1-5-8(2)10-6-7-11(13)12(14-4)9(10)3/h6-8H,5,13H2,1-4H3. The van der Waals surface area contributed by atoms with Crippen LogP contribution in [0.25, 0.3) is 0 Å². The van der Waals surface area contributed by atoms with Crippen LogP contribution in [0.2, 0.25) is 0 Å². The molecule has 1 aromatic rings. The molecule has 78 valence electrons. The van der Waals surface area contributed by atoms with Gasteiger partial charge in [0.15, 0.2) is 0 Å². The number of methoxy groups -OCH3 is 1. The van der Waals surface area contributed by atoms with Gasteiger partial charge in [-0.3, -0.25) is 0 Å². The second-order valence-electron chi connectivity index (χ2n) is 3.71. The predicted molar refractivity (Wildman–Crippen MR) is 60.8 cm³/mol. The molecule has 1 rings (SSSR count). The first-order valence-corrected chi connectivity index (χ1v) is 5.04. The molecular formula is C12H19NO. The summed E-state index contributed by atoms with van der Waals surface area (Å²) >= 11 is 0. The average molecular weight is 193 g/mol. The van der Waals surface area contributed by atoms with Gasteiger partial charge in [0.25, 0.3) is 0 Å². The van der Waals surface area contributed by atoms with E-state index in [-0.39, 0.29) is 0 Å². The lowest BCUT2D eigenvalue weighted by molar-refractivity contribution is 0.412. The first-order chi connectivity index (χ1) is 6.61. The lowest BCUT2D eigenvalue weighted by atomic mass is 9.93. The van der Waals surface area contributed by atoms with Crippen LogP contribution in [0.5, 0.6) is 5.75 Å². The number of nitrogen functional groups attached to an aromatic ring is 1. The second-order valence-corrected chi connectivity index (χ2v) is 3.71. The molecule has 2 heteroatoms. The van der Waals surface area contributed by atoms with Crippen LogP contribution in [0.15, 0.2) is 12.1 Å². The average Bonchev–Trinajstić information content (AvgIpc) is 2.18. The molecule has 0 saturated carbocycles. The van der Waals surface area contributed by atoms with Crippen LogP contribution >= 0.6 is 0 Å². The summed E-state index contributed by atoms with van der Waals surface area (Å²) in [7, 11) is 1.67. The molecule has 0 spiro atoms. The number of hydrogen-bond acceptors (Lipinski definition) is 2.